The number of allylic oxidation sites excluding steroid dienone is 4. The molecule has 0 N–H and O–H groups in total. The van der Waals surface area contributed by atoms with E-state index in [4.69, 9.17) is 0 Å². The van der Waals surface area contributed by atoms with Crippen molar-refractivity contribution in [1.82, 2.24) is 0 Å². The van der Waals surface area contributed by atoms with Crippen LogP contribution < -0.4 is 0 Å². The molecule has 0 saturated heterocycles. The minimum absolute atomic E-state index is 1.23. The fraction of sp³-hybridized carbons (Fsp3) is 0.800. The lowest BCUT2D eigenvalue weighted by Crippen LogP contribution is -1.83. The molecule has 0 bridgehead atoms. The van der Waals surface area contributed by atoms with Gasteiger partial charge in [0.05, 0.1) is 0 Å². The lowest BCUT2D eigenvalue weighted by molar-refractivity contribution is 0.542. The maximum absolute atomic E-state index is 2.40. The molecule has 1 rings (SSSR count). The van der Waals surface area contributed by atoms with Gasteiger partial charge in [0, 0.05) is 0 Å². The van der Waals surface area contributed by atoms with Gasteiger partial charge in [-0.3, -0.25) is 0 Å². The van der Waals surface area contributed by atoms with Crippen molar-refractivity contribution in [3.8, 4) is 0 Å². The van der Waals surface area contributed by atoms with Crippen molar-refractivity contribution in [2.45, 2.75) is 103 Å². The van der Waals surface area contributed by atoms with Crippen molar-refractivity contribution in [1.29, 1.82) is 0 Å². The van der Waals surface area contributed by atoms with Gasteiger partial charge >= 0.3 is 0 Å². The van der Waals surface area contributed by atoms with Gasteiger partial charge in [0.15, 0.2) is 0 Å². The summed E-state index contributed by atoms with van der Waals surface area (Å²) in [6.07, 6.45) is 32.0. The Hall–Kier alpha value is -0.520. The van der Waals surface area contributed by atoms with E-state index in [2.05, 4.69) is 24.3 Å². The van der Waals surface area contributed by atoms with Crippen LogP contribution in [0.15, 0.2) is 24.3 Å². The van der Waals surface area contributed by atoms with E-state index in [1.54, 1.807) is 0 Å². The highest BCUT2D eigenvalue weighted by molar-refractivity contribution is 4.88. The van der Waals surface area contributed by atoms with Gasteiger partial charge in [0.25, 0.3) is 0 Å². The first-order valence-corrected chi connectivity index (χ1v) is 9.30. The Bertz CT molecular complexity index is 210. The molecular weight excluding hydrogens is 240 g/mol. The quantitative estimate of drug-likeness (QED) is 0.405. The van der Waals surface area contributed by atoms with Crippen LogP contribution in [0.5, 0.6) is 0 Å². The average molecular weight is 277 g/mol. The topological polar surface area (TPSA) is 0 Å². The van der Waals surface area contributed by atoms with Gasteiger partial charge in [-0.1, -0.05) is 88.5 Å². The Morgan fingerprint density at radius 3 is 0.850 bits per heavy atom. The second-order valence-electron chi connectivity index (χ2n) is 6.34. The van der Waals surface area contributed by atoms with Crippen LogP contribution in [-0.4, -0.2) is 0 Å². The van der Waals surface area contributed by atoms with Gasteiger partial charge in [0.2, 0.25) is 0 Å². The second-order valence-corrected chi connectivity index (χ2v) is 6.34. The summed E-state index contributed by atoms with van der Waals surface area (Å²) in [5.41, 5.74) is 0. The van der Waals surface area contributed by atoms with E-state index < -0.39 is 0 Å². The number of hydrogen-bond donors (Lipinski definition) is 0. The molecule has 0 aromatic carbocycles. The maximum atomic E-state index is 2.40. The molecule has 0 nitrogen and oxygen atoms in total. The summed E-state index contributed by atoms with van der Waals surface area (Å²) in [6, 6.07) is 0. The minimum Gasteiger partial charge on any atom is -0.0885 e. The summed E-state index contributed by atoms with van der Waals surface area (Å²) in [5, 5.41) is 0. The third kappa shape index (κ3) is 12.5. The highest BCUT2D eigenvalue weighted by Gasteiger charge is 1.93. The molecule has 0 unspecified atom stereocenters. The third-order valence-corrected chi connectivity index (χ3v) is 4.32. The molecule has 116 valence electrons. The van der Waals surface area contributed by atoms with Crippen LogP contribution >= 0.6 is 0 Å². The largest absolute Gasteiger partial charge is 0.0885 e. The van der Waals surface area contributed by atoms with Gasteiger partial charge in [-0.25, -0.2) is 0 Å². The molecule has 0 saturated carbocycles. The summed E-state index contributed by atoms with van der Waals surface area (Å²) in [6.45, 7) is 0. The summed E-state index contributed by atoms with van der Waals surface area (Å²) in [4.78, 5) is 0. The molecule has 0 heterocycles. The Morgan fingerprint density at radius 2 is 0.500 bits per heavy atom. The molecule has 1 aliphatic carbocycles. The SMILES string of the molecule is C1=C\CCCCCCCCCCCCCC/C=C/CC/1. The average Bonchev–Trinajstić information content (AvgIpc) is 2.46. The molecular formula is C20H36. The lowest BCUT2D eigenvalue weighted by Gasteiger charge is -2.03. The monoisotopic (exact) mass is 276 g/mol. The van der Waals surface area contributed by atoms with Crippen LogP contribution in [0.3, 0.4) is 0 Å². The van der Waals surface area contributed by atoms with E-state index in [1.165, 1.54) is 103 Å². The minimum atomic E-state index is 1.23. The highest BCUT2D eigenvalue weighted by Crippen LogP contribution is 2.13. The number of rotatable bonds is 0. The molecule has 0 spiro atoms. The van der Waals surface area contributed by atoms with E-state index in [0.29, 0.717) is 0 Å². The standard InChI is InChI=1S/C20H36/c1-2-4-6-8-10-12-14-16-18-20-19-17-15-13-11-9-7-5-3-1/h1-2,7,9H,3-6,8,10-20H2/b2-1-,9-7+. The predicted octanol–water partition coefficient (Wildman–Crippen LogP) is 7.35. The van der Waals surface area contributed by atoms with Crippen LogP contribution in [0.1, 0.15) is 103 Å². The summed E-state index contributed by atoms with van der Waals surface area (Å²) in [7, 11) is 0. The summed E-state index contributed by atoms with van der Waals surface area (Å²) in [5.74, 6) is 0. The Kier molecular flexibility index (Phi) is 13.0. The zero-order chi connectivity index (χ0) is 14.1. The van der Waals surface area contributed by atoms with Gasteiger partial charge in [-0.15, -0.1) is 0 Å². The Morgan fingerprint density at radius 1 is 0.250 bits per heavy atom. The number of hydrogen-bond acceptors (Lipinski definition) is 0. The van der Waals surface area contributed by atoms with Gasteiger partial charge in [-0.05, 0) is 38.5 Å². The smallest absolute Gasteiger partial charge is 0.0316 e. The molecule has 20 heavy (non-hydrogen) atoms. The van der Waals surface area contributed by atoms with E-state index >= 15 is 0 Å². The zero-order valence-corrected chi connectivity index (χ0v) is 13.6. The van der Waals surface area contributed by atoms with E-state index in [1.807, 2.05) is 0 Å². The summed E-state index contributed by atoms with van der Waals surface area (Å²) >= 11 is 0. The third-order valence-electron chi connectivity index (χ3n) is 4.32. The van der Waals surface area contributed by atoms with E-state index in [-0.39, 0.29) is 0 Å². The molecule has 0 amide bonds. The second kappa shape index (κ2) is 14.9. The summed E-state index contributed by atoms with van der Waals surface area (Å²) < 4.78 is 0. The van der Waals surface area contributed by atoms with Crippen molar-refractivity contribution in [2.24, 2.45) is 0 Å². The van der Waals surface area contributed by atoms with Crippen LogP contribution in [0, 0.1) is 0 Å². The first kappa shape index (κ1) is 17.5. The molecule has 0 aromatic heterocycles. The maximum Gasteiger partial charge on any atom is -0.0316 e. The Balaban J connectivity index is 2.11. The first-order valence-electron chi connectivity index (χ1n) is 9.30. The van der Waals surface area contributed by atoms with Crippen molar-refractivity contribution in [3.05, 3.63) is 24.3 Å². The predicted molar refractivity (Wildman–Crippen MR) is 92.2 cm³/mol. The molecule has 0 fully saturated rings. The van der Waals surface area contributed by atoms with Crippen molar-refractivity contribution >= 4 is 0 Å². The van der Waals surface area contributed by atoms with Crippen LogP contribution in [-0.2, 0) is 0 Å². The van der Waals surface area contributed by atoms with Gasteiger partial charge in [-0.2, -0.15) is 0 Å². The first-order chi connectivity index (χ1) is 10.0. The molecule has 0 radical (unpaired) electrons. The van der Waals surface area contributed by atoms with Crippen LogP contribution in [0.2, 0.25) is 0 Å². The van der Waals surface area contributed by atoms with Crippen LogP contribution in [0.25, 0.3) is 0 Å². The molecule has 1 aliphatic rings. The van der Waals surface area contributed by atoms with Crippen LogP contribution in [0.4, 0.5) is 0 Å². The molecule has 0 atom stereocenters. The van der Waals surface area contributed by atoms with Crippen molar-refractivity contribution < 1.29 is 0 Å². The zero-order valence-electron chi connectivity index (χ0n) is 13.6. The fourth-order valence-corrected chi connectivity index (χ4v) is 2.96. The lowest BCUT2D eigenvalue weighted by atomic mass is 10.0. The molecule has 0 heteroatoms. The highest BCUT2D eigenvalue weighted by atomic mass is 14.0. The van der Waals surface area contributed by atoms with E-state index in [9.17, 15) is 0 Å². The molecule has 0 aromatic rings. The normalized spacial score (nSPS) is 25.6. The van der Waals surface area contributed by atoms with Gasteiger partial charge in [0.1, 0.15) is 0 Å². The van der Waals surface area contributed by atoms with Gasteiger partial charge < -0.3 is 0 Å². The van der Waals surface area contributed by atoms with E-state index in [0.717, 1.165) is 0 Å². The molecule has 0 aliphatic heterocycles. The van der Waals surface area contributed by atoms with Crippen molar-refractivity contribution in [2.75, 3.05) is 0 Å². The van der Waals surface area contributed by atoms with Crippen molar-refractivity contribution in [3.63, 3.8) is 0 Å². The Labute approximate surface area is 127 Å². The fourth-order valence-electron chi connectivity index (χ4n) is 2.96.